The molecule has 0 aliphatic rings. The maximum atomic E-state index is 5.77. The van der Waals surface area contributed by atoms with E-state index >= 15 is 0 Å². The Morgan fingerprint density at radius 2 is 2.28 bits per heavy atom. The van der Waals surface area contributed by atoms with E-state index in [4.69, 9.17) is 4.42 Å². The van der Waals surface area contributed by atoms with Gasteiger partial charge in [-0.05, 0) is 19.1 Å². The Hall–Kier alpha value is -2.21. The van der Waals surface area contributed by atoms with Gasteiger partial charge in [-0.3, -0.25) is 0 Å². The molecular formula is C12H13N5O. The molecule has 1 atom stereocenters. The molecule has 3 aromatic rings. The first kappa shape index (κ1) is 10.9. The summed E-state index contributed by atoms with van der Waals surface area (Å²) in [6.45, 7) is 2.59. The molecule has 0 aliphatic carbocycles. The molecule has 2 heterocycles. The first-order valence-electron chi connectivity index (χ1n) is 5.77. The average Bonchev–Trinajstić information content (AvgIpc) is 3.04. The van der Waals surface area contributed by atoms with E-state index in [1.807, 2.05) is 37.3 Å². The molecule has 0 amide bonds. The van der Waals surface area contributed by atoms with Crippen molar-refractivity contribution in [1.29, 1.82) is 0 Å². The number of benzene rings is 1. The predicted octanol–water partition coefficient (Wildman–Crippen LogP) is 1.80. The van der Waals surface area contributed by atoms with Crippen LogP contribution in [0.5, 0.6) is 0 Å². The average molecular weight is 243 g/mol. The molecule has 18 heavy (non-hydrogen) atoms. The minimum Gasteiger partial charge on any atom is -0.459 e. The molecule has 6 nitrogen and oxygen atoms in total. The number of para-hydroxylation sites is 1. The number of fused-ring (bicyclic) bond motifs is 1. The third-order valence-electron chi connectivity index (χ3n) is 2.83. The van der Waals surface area contributed by atoms with Crippen LogP contribution in [-0.2, 0) is 6.54 Å². The van der Waals surface area contributed by atoms with Crippen molar-refractivity contribution < 1.29 is 4.42 Å². The van der Waals surface area contributed by atoms with Crippen LogP contribution >= 0.6 is 0 Å². The number of furan rings is 1. The van der Waals surface area contributed by atoms with Crippen LogP contribution in [0, 0.1) is 0 Å². The van der Waals surface area contributed by atoms with Gasteiger partial charge in [0.25, 0.3) is 0 Å². The molecule has 0 spiro atoms. The Labute approximate surface area is 103 Å². The van der Waals surface area contributed by atoms with Gasteiger partial charge in [0.05, 0.1) is 12.6 Å². The van der Waals surface area contributed by atoms with Gasteiger partial charge in [-0.2, -0.15) is 5.21 Å². The fourth-order valence-corrected chi connectivity index (χ4v) is 1.82. The van der Waals surface area contributed by atoms with Crippen molar-refractivity contribution in [3.05, 3.63) is 41.9 Å². The molecule has 0 saturated carbocycles. The predicted molar refractivity (Wildman–Crippen MR) is 65.6 cm³/mol. The van der Waals surface area contributed by atoms with E-state index in [1.165, 1.54) is 0 Å². The van der Waals surface area contributed by atoms with Crippen molar-refractivity contribution in [1.82, 2.24) is 25.9 Å². The summed E-state index contributed by atoms with van der Waals surface area (Å²) in [5.41, 5.74) is 0.903. The maximum absolute atomic E-state index is 5.77. The minimum atomic E-state index is 0.0934. The van der Waals surface area contributed by atoms with Crippen LogP contribution in [0.1, 0.15) is 24.6 Å². The van der Waals surface area contributed by atoms with Crippen molar-refractivity contribution in [3.8, 4) is 0 Å². The Balaban J connectivity index is 1.73. The zero-order chi connectivity index (χ0) is 12.4. The lowest BCUT2D eigenvalue weighted by Gasteiger charge is -2.08. The molecule has 0 aliphatic heterocycles. The molecule has 1 aromatic carbocycles. The van der Waals surface area contributed by atoms with Crippen molar-refractivity contribution in [2.24, 2.45) is 0 Å². The van der Waals surface area contributed by atoms with Crippen LogP contribution in [0.3, 0.4) is 0 Å². The highest BCUT2D eigenvalue weighted by Gasteiger charge is 2.11. The summed E-state index contributed by atoms with van der Waals surface area (Å²) >= 11 is 0. The van der Waals surface area contributed by atoms with Gasteiger partial charge in [-0.25, -0.2) is 0 Å². The van der Waals surface area contributed by atoms with E-state index in [2.05, 4.69) is 25.9 Å². The molecule has 0 fully saturated rings. The summed E-state index contributed by atoms with van der Waals surface area (Å²) in [7, 11) is 0. The van der Waals surface area contributed by atoms with E-state index < -0.39 is 0 Å². The molecule has 92 valence electrons. The lowest BCUT2D eigenvalue weighted by Crippen LogP contribution is -2.18. The third kappa shape index (κ3) is 2.10. The summed E-state index contributed by atoms with van der Waals surface area (Å²) in [5.74, 6) is 1.54. The first-order valence-corrected chi connectivity index (χ1v) is 5.77. The maximum Gasteiger partial charge on any atom is 0.188 e. The van der Waals surface area contributed by atoms with Crippen LogP contribution in [0.15, 0.2) is 34.7 Å². The fourth-order valence-electron chi connectivity index (χ4n) is 1.82. The summed E-state index contributed by atoms with van der Waals surface area (Å²) < 4.78 is 5.77. The molecular weight excluding hydrogens is 230 g/mol. The number of H-pyrrole nitrogens is 1. The molecule has 0 bridgehead atoms. The molecule has 3 rings (SSSR count). The standard InChI is InChI=1S/C12H13N5O/c1-8(13-7-12-14-16-17-15-12)11-6-9-4-2-3-5-10(9)18-11/h2-6,8,13H,7H2,1H3,(H,14,15,16,17). The normalized spacial score (nSPS) is 12.9. The highest BCUT2D eigenvalue weighted by molar-refractivity contribution is 5.77. The van der Waals surface area contributed by atoms with Gasteiger partial charge in [0, 0.05) is 5.39 Å². The summed E-state index contributed by atoms with van der Waals surface area (Å²) in [6, 6.07) is 10.1. The van der Waals surface area contributed by atoms with E-state index in [-0.39, 0.29) is 6.04 Å². The third-order valence-corrected chi connectivity index (χ3v) is 2.83. The van der Waals surface area contributed by atoms with Gasteiger partial charge in [0.2, 0.25) is 0 Å². The lowest BCUT2D eigenvalue weighted by atomic mass is 10.2. The largest absolute Gasteiger partial charge is 0.459 e. The van der Waals surface area contributed by atoms with Crippen LogP contribution < -0.4 is 5.32 Å². The van der Waals surface area contributed by atoms with E-state index in [0.29, 0.717) is 12.4 Å². The summed E-state index contributed by atoms with van der Waals surface area (Å²) in [6.07, 6.45) is 0. The minimum absolute atomic E-state index is 0.0934. The van der Waals surface area contributed by atoms with Gasteiger partial charge in [-0.1, -0.05) is 23.4 Å². The first-order chi connectivity index (χ1) is 8.83. The van der Waals surface area contributed by atoms with Gasteiger partial charge in [-0.15, -0.1) is 10.2 Å². The number of nitrogens with one attached hydrogen (secondary N) is 2. The van der Waals surface area contributed by atoms with Crippen LogP contribution in [-0.4, -0.2) is 20.6 Å². The van der Waals surface area contributed by atoms with Gasteiger partial charge in [0.15, 0.2) is 5.82 Å². The Morgan fingerprint density at radius 1 is 1.39 bits per heavy atom. The van der Waals surface area contributed by atoms with Crippen molar-refractivity contribution in [3.63, 3.8) is 0 Å². The SMILES string of the molecule is CC(NCc1nn[nH]n1)c1cc2ccccc2o1. The Morgan fingerprint density at radius 3 is 3.06 bits per heavy atom. The molecule has 1 unspecified atom stereocenters. The summed E-state index contributed by atoms with van der Waals surface area (Å²) in [5, 5.41) is 18.1. The highest BCUT2D eigenvalue weighted by Crippen LogP contribution is 2.23. The molecule has 2 aromatic heterocycles. The monoisotopic (exact) mass is 243 g/mol. The summed E-state index contributed by atoms with van der Waals surface area (Å²) in [4.78, 5) is 0. The second kappa shape index (κ2) is 4.58. The number of hydrogen-bond donors (Lipinski definition) is 2. The van der Waals surface area contributed by atoms with E-state index in [0.717, 1.165) is 16.7 Å². The van der Waals surface area contributed by atoms with Crippen molar-refractivity contribution in [2.75, 3.05) is 0 Å². The molecule has 6 heteroatoms. The number of hydrogen-bond acceptors (Lipinski definition) is 5. The fraction of sp³-hybridized carbons (Fsp3) is 0.250. The number of aromatic nitrogens is 4. The van der Waals surface area contributed by atoms with Crippen molar-refractivity contribution in [2.45, 2.75) is 19.5 Å². The van der Waals surface area contributed by atoms with Gasteiger partial charge >= 0.3 is 0 Å². The second-order valence-electron chi connectivity index (χ2n) is 4.12. The zero-order valence-corrected chi connectivity index (χ0v) is 9.92. The van der Waals surface area contributed by atoms with Crippen LogP contribution in [0.4, 0.5) is 0 Å². The van der Waals surface area contributed by atoms with E-state index in [1.54, 1.807) is 0 Å². The molecule has 2 N–H and O–H groups in total. The van der Waals surface area contributed by atoms with Crippen molar-refractivity contribution >= 4 is 11.0 Å². The Kier molecular flexibility index (Phi) is 2.77. The zero-order valence-electron chi connectivity index (χ0n) is 9.92. The highest BCUT2D eigenvalue weighted by atomic mass is 16.3. The number of rotatable bonds is 4. The number of aromatic amines is 1. The van der Waals surface area contributed by atoms with E-state index in [9.17, 15) is 0 Å². The van der Waals surface area contributed by atoms with Crippen LogP contribution in [0.25, 0.3) is 11.0 Å². The number of tetrazole rings is 1. The smallest absolute Gasteiger partial charge is 0.188 e. The molecule has 0 saturated heterocycles. The molecule has 0 radical (unpaired) electrons. The number of nitrogens with zero attached hydrogens (tertiary/aromatic N) is 3. The van der Waals surface area contributed by atoms with Crippen LogP contribution in [0.2, 0.25) is 0 Å². The van der Waals surface area contributed by atoms with Gasteiger partial charge in [0.1, 0.15) is 11.3 Å². The lowest BCUT2D eigenvalue weighted by molar-refractivity contribution is 0.446. The quantitative estimate of drug-likeness (QED) is 0.730. The topological polar surface area (TPSA) is 79.6 Å². The van der Waals surface area contributed by atoms with Gasteiger partial charge < -0.3 is 9.73 Å². The second-order valence-corrected chi connectivity index (χ2v) is 4.12. The Bertz CT molecular complexity index is 598.